The number of hydrogen-bond donors (Lipinski definition) is 0. The highest BCUT2D eigenvalue weighted by molar-refractivity contribution is 6.56. The van der Waals surface area contributed by atoms with Crippen LogP contribution in [0.5, 0.6) is 0 Å². The minimum Gasteiger partial charge on any atom is -0.0872 e. The van der Waals surface area contributed by atoms with Gasteiger partial charge in [-0.2, -0.15) is 0 Å². The predicted octanol–water partition coefficient (Wildman–Crippen LogP) is 4.00. The maximum absolute atomic E-state index is 3.03. The molecule has 3 aromatic rings. The summed E-state index contributed by atoms with van der Waals surface area (Å²) in [6, 6.07) is 28.9. The molecule has 3 rings (SSSR count). The van der Waals surface area contributed by atoms with Gasteiger partial charge in [0.05, 0.1) is 0 Å². The Morgan fingerprint density at radius 1 is 0.750 bits per heavy atom. The Labute approximate surface area is 121 Å². The zero-order valence-electron chi connectivity index (χ0n) is 11.4. The van der Waals surface area contributed by atoms with Crippen molar-refractivity contribution >= 4 is 12.7 Å². The predicted molar refractivity (Wildman–Crippen MR) is 86.2 cm³/mol. The summed E-state index contributed by atoms with van der Waals surface area (Å²) in [5, 5.41) is 0. The Kier molecular flexibility index (Phi) is 3.57. The Morgan fingerprint density at radius 3 is 2.15 bits per heavy atom. The molecule has 0 aliphatic heterocycles. The highest BCUT2D eigenvalue weighted by Crippen LogP contribution is 2.23. The SMILES string of the molecule is C[B]c1c(-c2cc#ccc2)cccc1-c1ccccc1. The van der Waals surface area contributed by atoms with E-state index in [0.717, 1.165) is 0 Å². The molecule has 0 fully saturated rings. The first-order valence-electron chi connectivity index (χ1n) is 6.76. The molecule has 0 aliphatic carbocycles. The molecule has 0 N–H and O–H groups in total. The average molecular weight is 253 g/mol. The van der Waals surface area contributed by atoms with Crippen molar-refractivity contribution in [2.75, 3.05) is 0 Å². The maximum atomic E-state index is 3.03. The molecule has 0 atom stereocenters. The van der Waals surface area contributed by atoms with E-state index < -0.39 is 0 Å². The maximum Gasteiger partial charge on any atom is 0.149 e. The van der Waals surface area contributed by atoms with Crippen molar-refractivity contribution in [3.05, 3.63) is 78.9 Å². The van der Waals surface area contributed by atoms with Crippen molar-refractivity contribution in [2.24, 2.45) is 0 Å². The van der Waals surface area contributed by atoms with Gasteiger partial charge in [0, 0.05) is 0 Å². The van der Waals surface area contributed by atoms with Gasteiger partial charge in [0.1, 0.15) is 7.28 Å². The summed E-state index contributed by atoms with van der Waals surface area (Å²) in [6.07, 6.45) is 0. The van der Waals surface area contributed by atoms with Gasteiger partial charge in [-0.3, -0.25) is 0 Å². The van der Waals surface area contributed by atoms with Gasteiger partial charge in [-0.05, 0) is 40.5 Å². The van der Waals surface area contributed by atoms with E-state index in [9.17, 15) is 0 Å². The fraction of sp³-hybridized carbons (Fsp3) is 0.0526. The van der Waals surface area contributed by atoms with Gasteiger partial charge in [-0.1, -0.05) is 72.9 Å². The molecular formula is C19H14B. The molecule has 0 unspecified atom stereocenters. The van der Waals surface area contributed by atoms with Crippen molar-refractivity contribution in [1.82, 2.24) is 0 Å². The lowest BCUT2D eigenvalue weighted by Crippen LogP contribution is -2.17. The molecule has 1 radical (unpaired) electrons. The van der Waals surface area contributed by atoms with Gasteiger partial charge in [0.15, 0.2) is 0 Å². The zero-order valence-corrected chi connectivity index (χ0v) is 11.4. The fourth-order valence-electron chi connectivity index (χ4n) is 2.51. The monoisotopic (exact) mass is 253 g/mol. The highest BCUT2D eigenvalue weighted by atomic mass is 14.1. The molecular weight excluding hydrogens is 239 g/mol. The smallest absolute Gasteiger partial charge is 0.0872 e. The summed E-state index contributed by atoms with van der Waals surface area (Å²) in [6.45, 7) is 2.09. The molecule has 0 nitrogen and oxygen atoms in total. The van der Waals surface area contributed by atoms with Gasteiger partial charge < -0.3 is 0 Å². The number of hydrogen-bond acceptors (Lipinski definition) is 0. The van der Waals surface area contributed by atoms with Gasteiger partial charge >= 0.3 is 0 Å². The average Bonchev–Trinajstić information content (AvgIpc) is 2.55. The van der Waals surface area contributed by atoms with E-state index in [1.165, 1.54) is 27.7 Å². The van der Waals surface area contributed by atoms with Crippen molar-refractivity contribution in [3.63, 3.8) is 0 Å². The Balaban J connectivity index is 2.19. The zero-order chi connectivity index (χ0) is 13.8. The standard InChI is InChI=1S/C19H14B/c1-20-19-17(15-9-4-2-5-10-15)13-8-14-18(19)16-11-6-3-7-12-16/h2,4-6,8-14H,1H3. The molecule has 0 saturated carbocycles. The molecule has 0 heterocycles. The van der Waals surface area contributed by atoms with Crippen LogP contribution in [-0.2, 0) is 0 Å². The van der Waals surface area contributed by atoms with Crippen LogP contribution in [0.4, 0.5) is 0 Å². The van der Waals surface area contributed by atoms with E-state index >= 15 is 0 Å². The molecule has 0 amide bonds. The lowest BCUT2D eigenvalue weighted by molar-refractivity contribution is 1.62. The third kappa shape index (κ3) is 2.33. The molecule has 0 saturated heterocycles. The Bertz CT molecular complexity index is 630. The second kappa shape index (κ2) is 5.67. The lowest BCUT2D eigenvalue weighted by Gasteiger charge is -2.13. The van der Waals surface area contributed by atoms with Gasteiger partial charge in [0.2, 0.25) is 0 Å². The fourth-order valence-corrected chi connectivity index (χ4v) is 2.51. The minimum atomic E-state index is 1.18. The van der Waals surface area contributed by atoms with E-state index in [1.807, 2.05) is 18.2 Å². The van der Waals surface area contributed by atoms with Crippen molar-refractivity contribution in [3.8, 4) is 22.3 Å². The first-order chi connectivity index (χ1) is 9.90. The lowest BCUT2D eigenvalue weighted by atomic mass is 9.66. The van der Waals surface area contributed by atoms with Crippen LogP contribution in [0, 0.1) is 12.1 Å². The number of rotatable bonds is 3. The van der Waals surface area contributed by atoms with Crippen LogP contribution >= 0.6 is 0 Å². The van der Waals surface area contributed by atoms with Crippen LogP contribution in [0.15, 0.2) is 66.7 Å². The molecule has 0 bridgehead atoms. The van der Waals surface area contributed by atoms with Gasteiger partial charge in [0.25, 0.3) is 0 Å². The molecule has 3 aromatic carbocycles. The van der Waals surface area contributed by atoms with Gasteiger partial charge in [-0.25, -0.2) is 0 Å². The molecule has 0 spiro atoms. The topological polar surface area (TPSA) is 0 Å². The van der Waals surface area contributed by atoms with Crippen LogP contribution < -0.4 is 5.46 Å². The van der Waals surface area contributed by atoms with E-state index in [0.29, 0.717) is 0 Å². The summed E-state index contributed by atoms with van der Waals surface area (Å²) in [4.78, 5) is 0. The third-order valence-electron chi connectivity index (χ3n) is 3.45. The molecule has 1 heteroatoms. The van der Waals surface area contributed by atoms with Crippen LogP contribution in [0.25, 0.3) is 22.3 Å². The summed E-state index contributed by atoms with van der Waals surface area (Å²) < 4.78 is 0. The second-order valence-electron chi connectivity index (χ2n) is 4.64. The van der Waals surface area contributed by atoms with Crippen LogP contribution in [0.1, 0.15) is 0 Å². The number of benzene rings is 2. The quantitative estimate of drug-likeness (QED) is 0.619. The summed E-state index contributed by atoms with van der Waals surface area (Å²) in [5.41, 5.74) is 6.18. The minimum absolute atomic E-state index is 1.18. The highest BCUT2D eigenvalue weighted by Gasteiger charge is 2.09. The van der Waals surface area contributed by atoms with E-state index in [4.69, 9.17) is 0 Å². The largest absolute Gasteiger partial charge is 0.149 e. The molecule has 20 heavy (non-hydrogen) atoms. The van der Waals surface area contributed by atoms with Gasteiger partial charge in [-0.15, -0.1) is 0 Å². The van der Waals surface area contributed by atoms with E-state index in [-0.39, 0.29) is 0 Å². The first kappa shape index (κ1) is 12.6. The second-order valence-corrected chi connectivity index (χ2v) is 4.64. The van der Waals surface area contributed by atoms with E-state index in [1.54, 1.807) is 0 Å². The van der Waals surface area contributed by atoms with Crippen LogP contribution in [0.2, 0.25) is 6.82 Å². The van der Waals surface area contributed by atoms with Crippen LogP contribution in [-0.4, -0.2) is 7.28 Å². The molecule has 0 aromatic heterocycles. The molecule has 93 valence electrons. The summed E-state index contributed by atoms with van der Waals surface area (Å²) in [5.74, 6) is 0. The Hall–Kier alpha value is -2.46. The van der Waals surface area contributed by atoms with Crippen molar-refractivity contribution in [2.45, 2.75) is 6.82 Å². The normalized spacial score (nSPS) is 9.85. The summed E-state index contributed by atoms with van der Waals surface area (Å²) in [7, 11) is 2.17. The van der Waals surface area contributed by atoms with Crippen LogP contribution in [0.3, 0.4) is 0 Å². The molecule has 0 aliphatic rings. The Morgan fingerprint density at radius 2 is 1.50 bits per heavy atom. The third-order valence-corrected chi connectivity index (χ3v) is 3.45. The first-order valence-corrected chi connectivity index (χ1v) is 6.76. The van der Waals surface area contributed by atoms with Crippen molar-refractivity contribution in [1.29, 1.82) is 0 Å². The van der Waals surface area contributed by atoms with E-state index in [2.05, 4.69) is 74.8 Å². The summed E-state index contributed by atoms with van der Waals surface area (Å²) >= 11 is 0. The van der Waals surface area contributed by atoms with Crippen molar-refractivity contribution < 1.29 is 0 Å².